The van der Waals surface area contributed by atoms with Crippen LogP contribution in [0.1, 0.15) is 20.3 Å². The molecule has 0 aliphatic carbocycles. The summed E-state index contributed by atoms with van der Waals surface area (Å²) in [5, 5.41) is 6.11. The lowest BCUT2D eigenvalue weighted by atomic mass is 9.99. The van der Waals surface area contributed by atoms with E-state index in [4.69, 9.17) is 29.6 Å². The minimum atomic E-state index is -0.757. The van der Waals surface area contributed by atoms with Gasteiger partial charge in [-0.25, -0.2) is 4.79 Å². The molecule has 0 spiro atoms. The molecule has 0 unspecified atom stereocenters. The summed E-state index contributed by atoms with van der Waals surface area (Å²) in [6.07, 6.45) is 0.700. The quantitative estimate of drug-likeness (QED) is 0.407. The van der Waals surface area contributed by atoms with Gasteiger partial charge in [0.25, 0.3) is 5.91 Å². The lowest BCUT2D eigenvalue weighted by Crippen LogP contribution is -2.56. The van der Waals surface area contributed by atoms with Crippen molar-refractivity contribution in [2.24, 2.45) is 11.7 Å². The zero-order chi connectivity index (χ0) is 17.4. The first-order chi connectivity index (χ1) is 10.8. The highest BCUT2D eigenvalue weighted by Crippen LogP contribution is 2.13. The van der Waals surface area contributed by atoms with Crippen LogP contribution in [0.15, 0.2) is 24.3 Å². The van der Waals surface area contributed by atoms with Gasteiger partial charge in [0, 0.05) is 10.7 Å². The van der Waals surface area contributed by atoms with Crippen LogP contribution in [-0.2, 0) is 4.79 Å². The minimum absolute atomic E-state index is 0.0814. The average Bonchev–Trinajstić information content (AvgIpc) is 2.51. The molecular formula is C14H20ClN5O2S. The number of anilines is 1. The summed E-state index contributed by atoms with van der Waals surface area (Å²) in [6.45, 7) is 3.75. The van der Waals surface area contributed by atoms with E-state index in [-0.39, 0.29) is 11.0 Å². The number of urea groups is 1. The predicted molar refractivity (Wildman–Crippen MR) is 94.9 cm³/mol. The number of hydrogen-bond donors (Lipinski definition) is 5. The summed E-state index contributed by atoms with van der Waals surface area (Å²) in [5.74, 6) is -0.513. The smallest absolute Gasteiger partial charge is 0.312 e. The maximum Gasteiger partial charge on any atom is 0.312 e. The Hall–Kier alpha value is -2.06. The summed E-state index contributed by atoms with van der Waals surface area (Å²) >= 11 is 10.9. The number of hydrazine groups is 1. The van der Waals surface area contributed by atoms with Crippen LogP contribution in [0.4, 0.5) is 10.5 Å². The molecule has 0 aromatic heterocycles. The molecule has 1 aromatic carbocycles. The van der Waals surface area contributed by atoms with Crippen molar-refractivity contribution < 1.29 is 9.59 Å². The van der Waals surface area contributed by atoms with Crippen molar-refractivity contribution >= 4 is 46.6 Å². The van der Waals surface area contributed by atoms with E-state index >= 15 is 0 Å². The summed E-state index contributed by atoms with van der Waals surface area (Å²) in [4.78, 5) is 23.1. The summed E-state index contributed by atoms with van der Waals surface area (Å²) < 4.78 is 0. The van der Waals surface area contributed by atoms with Gasteiger partial charge in [-0.1, -0.05) is 31.9 Å². The van der Waals surface area contributed by atoms with Crippen LogP contribution in [-0.4, -0.2) is 23.1 Å². The molecule has 0 saturated heterocycles. The van der Waals surface area contributed by atoms with Crippen molar-refractivity contribution in [2.45, 2.75) is 26.3 Å². The van der Waals surface area contributed by atoms with Gasteiger partial charge in [0.15, 0.2) is 5.11 Å². The standard InChI is InChI=1S/C14H20ClN5O2S/c1-3-8(2)11(18-13(16)22)12(21)19-20-14(23)17-10-6-4-9(15)5-7-10/h4-8,11H,3H2,1-2H3,(H,19,21)(H3,16,18,22)(H2,17,20,23)/t8-,11-/m0/s1. The number of primary amides is 1. The Morgan fingerprint density at radius 1 is 1.26 bits per heavy atom. The number of rotatable bonds is 5. The molecule has 0 fully saturated rings. The van der Waals surface area contributed by atoms with Crippen LogP contribution in [0.5, 0.6) is 0 Å². The maximum atomic E-state index is 12.1. The lowest BCUT2D eigenvalue weighted by molar-refractivity contribution is -0.124. The number of carbonyl (C=O) groups excluding carboxylic acids is 2. The maximum absolute atomic E-state index is 12.1. The molecule has 9 heteroatoms. The zero-order valence-corrected chi connectivity index (χ0v) is 14.4. The monoisotopic (exact) mass is 357 g/mol. The van der Waals surface area contributed by atoms with Gasteiger partial charge in [-0.05, 0) is 42.4 Å². The number of thiocarbonyl (C=S) groups is 1. The van der Waals surface area contributed by atoms with Crippen molar-refractivity contribution in [1.82, 2.24) is 16.2 Å². The van der Waals surface area contributed by atoms with E-state index in [1.54, 1.807) is 24.3 Å². The first-order valence-corrected chi connectivity index (χ1v) is 7.80. The van der Waals surface area contributed by atoms with Crippen LogP contribution >= 0.6 is 23.8 Å². The number of nitrogens with two attached hydrogens (primary N) is 1. The molecular weight excluding hydrogens is 338 g/mol. The van der Waals surface area contributed by atoms with E-state index in [1.807, 2.05) is 13.8 Å². The fourth-order valence-electron chi connectivity index (χ4n) is 1.75. The first kappa shape index (κ1) is 19.0. The SMILES string of the molecule is CC[C@H](C)[C@H](NC(N)=O)C(=O)NNC(=S)Nc1ccc(Cl)cc1. The third kappa shape index (κ3) is 6.70. The Kier molecular flexibility index (Phi) is 7.56. The van der Waals surface area contributed by atoms with Crippen LogP contribution in [0.3, 0.4) is 0 Å². The van der Waals surface area contributed by atoms with Crippen molar-refractivity contribution in [3.8, 4) is 0 Å². The molecule has 3 amide bonds. The van der Waals surface area contributed by atoms with Crippen LogP contribution in [0.25, 0.3) is 0 Å². The molecule has 1 rings (SSSR count). The lowest BCUT2D eigenvalue weighted by Gasteiger charge is -2.23. The Morgan fingerprint density at radius 3 is 2.39 bits per heavy atom. The van der Waals surface area contributed by atoms with Crippen LogP contribution in [0.2, 0.25) is 5.02 Å². The topological polar surface area (TPSA) is 108 Å². The van der Waals surface area contributed by atoms with Gasteiger partial charge >= 0.3 is 6.03 Å². The molecule has 2 atom stereocenters. The second-order valence-electron chi connectivity index (χ2n) is 4.95. The summed E-state index contributed by atoms with van der Waals surface area (Å²) in [5.41, 5.74) is 10.8. The molecule has 0 saturated carbocycles. The number of halogens is 1. The summed E-state index contributed by atoms with van der Waals surface area (Å²) in [6, 6.07) is 5.40. The second kappa shape index (κ2) is 9.16. The van der Waals surface area contributed by atoms with Gasteiger partial charge < -0.3 is 16.4 Å². The van der Waals surface area contributed by atoms with Crippen LogP contribution in [0, 0.1) is 5.92 Å². The van der Waals surface area contributed by atoms with E-state index in [2.05, 4.69) is 21.5 Å². The minimum Gasteiger partial charge on any atom is -0.352 e. The van der Waals surface area contributed by atoms with Gasteiger partial charge in [-0.15, -0.1) is 0 Å². The number of carbonyl (C=O) groups is 2. The Labute approximate surface area is 145 Å². The molecule has 7 nitrogen and oxygen atoms in total. The van der Waals surface area contributed by atoms with Crippen molar-refractivity contribution in [3.63, 3.8) is 0 Å². The highest BCUT2D eigenvalue weighted by Gasteiger charge is 2.25. The summed E-state index contributed by atoms with van der Waals surface area (Å²) in [7, 11) is 0. The molecule has 1 aromatic rings. The normalized spacial score (nSPS) is 12.7. The second-order valence-corrected chi connectivity index (χ2v) is 5.79. The van der Waals surface area contributed by atoms with Crippen LogP contribution < -0.4 is 27.2 Å². The Bertz CT molecular complexity index is 567. The Morgan fingerprint density at radius 2 is 1.87 bits per heavy atom. The third-order valence-corrected chi connectivity index (χ3v) is 3.65. The van der Waals surface area contributed by atoms with Gasteiger partial charge in [0.1, 0.15) is 6.04 Å². The first-order valence-electron chi connectivity index (χ1n) is 7.01. The zero-order valence-electron chi connectivity index (χ0n) is 12.9. The highest BCUT2D eigenvalue weighted by atomic mass is 35.5. The number of amides is 3. The molecule has 126 valence electrons. The molecule has 0 aliphatic rings. The van der Waals surface area contributed by atoms with Gasteiger partial charge in [0.2, 0.25) is 0 Å². The van der Waals surface area contributed by atoms with E-state index in [9.17, 15) is 9.59 Å². The van der Waals surface area contributed by atoms with Crippen molar-refractivity contribution in [2.75, 3.05) is 5.32 Å². The van der Waals surface area contributed by atoms with Gasteiger partial charge in [-0.2, -0.15) is 0 Å². The van der Waals surface area contributed by atoms with Crippen molar-refractivity contribution in [3.05, 3.63) is 29.3 Å². The molecule has 23 heavy (non-hydrogen) atoms. The molecule has 6 N–H and O–H groups in total. The molecule has 0 bridgehead atoms. The van der Waals surface area contributed by atoms with Crippen molar-refractivity contribution in [1.29, 1.82) is 0 Å². The van der Waals surface area contributed by atoms with Gasteiger partial charge in [-0.3, -0.25) is 15.6 Å². The Balaban J connectivity index is 2.53. The van der Waals surface area contributed by atoms with E-state index in [0.29, 0.717) is 11.4 Å². The fraction of sp³-hybridized carbons (Fsp3) is 0.357. The number of benzene rings is 1. The largest absolute Gasteiger partial charge is 0.352 e. The highest BCUT2D eigenvalue weighted by molar-refractivity contribution is 7.80. The van der Waals surface area contributed by atoms with E-state index in [1.165, 1.54) is 0 Å². The average molecular weight is 358 g/mol. The third-order valence-electron chi connectivity index (χ3n) is 3.19. The molecule has 0 aliphatic heterocycles. The molecule has 0 radical (unpaired) electrons. The van der Waals surface area contributed by atoms with E-state index < -0.39 is 18.0 Å². The van der Waals surface area contributed by atoms with Gasteiger partial charge in [0.05, 0.1) is 0 Å². The fourth-order valence-corrected chi connectivity index (χ4v) is 2.04. The number of nitrogens with one attached hydrogen (secondary N) is 4. The predicted octanol–water partition coefficient (Wildman–Crippen LogP) is 1.74. The number of hydrogen-bond acceptors (Lipinski definition) is 3. The molecule has 0 heterocycles. The van der Waals surface area contributed by atoms with E-state index in [0.717, 1.165) is 5.69 Å².